The maximum absolute atomic E-state index is 6.18. The van der Waals surface area contributed by atoms with Gasteiger partial charge in [-0.05, 0) is 25.3 Å². The second-order valence-corrected chi connectivity index (χ2v) is 9.51. The van der Waals surface area contributed by atoms with Gasteiger partial charge in [0.1, 0.15) is 10.6 Å². The van der Waals surface area contributed by atoms with E-state index < -0.39 is 0 Å². The van der Waals surface area contributed by atoms with Crippen molar-refractivity contribution in [3.63, 3.8) is 0 Å². The van der Waals surface area contributed by atoms with Gasteiger partial charge in [0.2, 0.25) is 0 Å². The number of fused-ring (bicyclic) bond motifs is 3. The molecule has 1 atom stereocenters. The van der Waals surface area contributed by atoms with Crippen LogP contribution in [-0.4, -0.2) is 47.5 Å². The number of anilines is 1. The molecule has 0 unspecified atom stereocenters. The van der Waals surface area contributed by atoms with Crippen molar-refractivity contribution in [2.45, 2.75) is 57.4 Å². The maximum atomic E-state index is 6.18. The van der Waals surface area contributed by atoms with E-state index in [-0.39, 0.29) is 5.60 Å². The van der Waals surface area contributed by atoms with Crippen LogP contribution in [0.4, 0.5) is 5.82 Å². The van der Waals surface area contributed by atoms with Crippen LogP contribution in [0.3, 0.4) is 0 Å². The van der Waals surface area contributed by atoms with Crippen LogP contribution in [0, 0.1) is 0 Å². The first-order valence-electron chi connectivity index (χ1n) is 9.68. The zero-order valence-electron chi connectivity index (χ0n) is 15.9. The molecule has 0 saturated carbocycles. The standard InChI is InChI=1S/C19H28N4OS2/c1-4-10-25-18-21-16(23-8-6-20-7-9-23)15-13-11-19(3,5-2)24-12-14(13)26-17(15)22-18/h20H,4-12H2,1-3H3/t19-/m1/s1. The Morgan fingerprint density at radius 1 is 1.27 bits per heavy atom. The Hall–Kier alpha value is -0.890. The third kappa shape index (κ3) is 3.46. The molecular weight excluding hydrogens is 364 g/mol. The Balaban J connectivity index is 1.83. The molecule has 2 aliphatic heterocycles. The van der Waals surface area contributed by atoms with Gasteiger partial charge in [0, 0.05) is 43.2 Å². The van der Waals surface area contributed by atoms with E-state index in [9.17, 15) is 0 Å². The Labute approximate surface area is 163 Å². The molecule has 142 valence electrons. The molecule has 0 aliphatic carbocycles. The summed E-state index contributed by atoms with van der Waals surface area (Å²) >= 11 is 3.58. The number of nitrogens with one attached hydrogen (secondary N) is 1. The molecule has 1 saturated heterocycles. The lowest BCUT2D eigenvalue weighted by atomic mass is 9.90. The summed E-state index contributed by atoms with van der Waals surface area (Å²) in [6.07, 6.45) is 3.12. The van der Waals surface area contributed by atoms with Gasteiger partial charge in [-0.2, -0.15) is 0 Å². The predicted molar refractivity (Wildman–Crippen MR) is 111 cm³/mol. The van der Waals surface area contributed by atoms with Crippen molar-refractivity contribution in [3.8, 4) is 0 Å². The summed E-state index contributed by atoms with van der Waals surface area (Å²) in [4.78, 5) is 14.9. The van der Waals surface area contributed by atoms with Crippen molar-refractivity contribution < 1.29 is 4.74 Å². The van der Waals surface area contributed by atoms with Gasteiger partial charge in [0.25, 0.3) is 0 Å². The van der Waals surface area contributed by atoms with E-state index in [1.807, 2.05) is 0 Å². The number of thioether (sulfide) groups is 1. The van der Waals surface area contributed by atoms with E-state index in [0.717, 1.165) is 67.0 Å². The molecule has 0 radical (unpaired) electrons. The molecule has 0 spiro atoms. The number of rotatable bonds is 5. The van der Waals surface area contributed by atoms with Crippen molar-refractivity contribution in [3.05, 3.63) is 10.4 Å². The van der Waals surface area contributed by atoms with Crippen LogP contribution in [0.1, 0.15) is 44.1 Å². The van der Waals surface area contributed by atoms with Gasteiger partial charge in [-0.1, -0.05) is 25.6 Å². The van der Waals surface area contributed by atoms with Crippen LogP contribution in [0.5, 0.6) is 0 Å². The number of nitrogens with zero attached hydrogens (tertiary/aromatic N) is 3. The Morgan fingerprint density at radius 3 is 2.81 bits per heavy atom. The molecule has 4 rings (SSSR count). The van der Waals surface area contributed by atoms with Gasteiger partial charge < -0.3 is 15.0 Å². The molecule has 4 heterocycles. The first-order chi connectivity index (χ1) is 12.6. The van der Waals surface area contributed by atoms with Crippen molar-refractivity contribution in [1.82, 2.24) is 15.3 Å². The van der Waals surface area contributed by atoms with Crippen LogP contribution < -0.4 is 10.2 Å². The fraction of sp³-hybridized carbons (Fsp3) is 0.684. The quantitative estimate of drug-likeness (QED) is 0.616. The van der Waals surface area contributed by atoms with Crippen LogP contribution in [0.25, 0.3) is 10.2 Å². The summed E-state index contributed by atoms with van der Waals surface area (Å²) in [5.74, 6) is 2.21. The monoisotopic (exact) mass is 392 g/mol. The number of hydrogen-bond acceptors (Lipinski definition) is 7. The second kappa shape index (κ2) is 7.62. The summed E-state index contributed by atoms with van der Waals surface area (Å²) in [5, 5.41) is 5.66. The van der Waals surface area contributed by atoms with Crippen molar-refractivity contribution in [2.24, 2.45) is 0 Å². The average Bonchev–Trinajstić information content (AvgIpc) is 3.03. The molecule has 0 aromatic carbocycles. The topological polar surface area (TPSA) is 50.3 Å². The van der Waals surface area contributed by atoms with Crippen LogP contribution >= 0.6 is 23.1 Å². The highest BCUT2D eigenvalue weighted by Gasteiger charge is 2.34. The number of thiophene rings is 1. The van der Waals surface area contributed by atoms with Crippen molar-refractivity contribution in [2.75, 3.05) is 36.8 Å². The minimum absolute atomic E-state index is 0.0721. The molecule has 1 N–H and O–H groups in total. The molecule has 2 aromatic heterocycles. The van der Waals surface area contributed by atoms with Crippen LogP contribution in [0.15, 0.2) is 5.16 Å². The van der Waals surface area contributed by atoms with Gasteiger partial charge in [-0.3, -0.25) is 0 Å². The van der Waals surface area contributed by atoms with Gasteiger partial charge in [-0.15, -0.1) is 11.3 Å². The molecular formula is C19H28N4OS2. The summed E-state index contributed by atoms with van der Waals surface area (Å²) in [5.41, 5.74) is 1.36. The number of hydrogen-bond donors (Lipinski definition) is 1. The normalized spacial score (nSPS) is 23.4. The fourth-order valence-corrected chi connectivity index (χ4v) is 5.47. The van der Waals surface area contributed by atoms with E-state index in [0.29, 0.717) is 6.61 Å². The summed E-state index contributed by atoms with van der Waals surface area (Å²) < 4.78 is 6.18. The minimum atomic E-state index is -0.0721. The highest BCUT2D eigenvalue weighted by atomic mass is 32.2. The molecule has 7 heteroatoms. The second-order valence-electron chi connectivity index (χ2n) is 7.37. The summed E-state index contributed by atoms with van der Waals surface area (Å²) in [6.45, 7) is 11.4. The molecule has 5 nitrogen and oxygen atoms in total. The van der Waals surface area contributed by atoms with Crippen molar-refractivity contribution >= 4 is 39.1 Å². The first-order valence-corrected chi connectivity index (χ1v) is 11.5. The SMILES string of the molecule is CCCSc1nc(N2CCNCC2)c2c3c(sc2n1)CO[C@](C)(CC)C3. The Bertz CT molecular complexity index is 787. The smallest absolute Gasteiger partial charge is 0.190 e. The summed E-state index contributed by atoms with van der Waals surface area (Å²) in [6, 6.07) is 0. The van der Waals surface area contributed by atoms with Gasteiger partial charge in [0.05, 0.1) is 17.6 Å². The van der Waals surface area contributed by atoms with Gasteiger partial charge in [-0.25, -0.2) is 9.97 Å². The van der Waals surface area contributed by atoms with E-state index in [4.69, 9.17) is 14.7 Å². The molecule has 2 aromatic rings. The lowest BCUT2D eigenvalue weighted by Gasteiger charge is -2.34. The largest absolute Gasteiger partial charge is 0.369 e. The molecule has 1 fully saturated rings. The zero-order chi connectivity index (χ0) is 18.1. The highest BCUT2D eigenvalue weighted by molar-refractivity contribution is 7.99. The molecule has 2 aliphatic rings. The van der Waals surface area contributed by atoms with E-state index in [2.05, 4.69) is 31.0 Å². The average molecular weight is 393 g/mol. The van der Waals surface area contributed by atoms with E-state index >= 15 is 0 Å². The molecule has 0 bridgehead atoms. The number of aromatic nitrogens is 2. The van der Waals surface area contributed by atoms with E-state index in [1.165, 1.54) is 15.8 Å². The minimum Gasteiger partial charge on any atom is -0.369 e. The van der Waals surface area contributed by atoms with Gasteiger partial charge in [0.15, 0.2) is 5.16 Å². The number of piperazine rings is 1. The fourth-order valence-electron chi connectivity index (χ4n) is 3.62. The Kier molecular flexibility index (Phi) is 5.41. The number of ether oxygens (including phenoxy) is 1. The first kappa shape index (κ1) is 18.5. The predicted octanol–water partition coefficient (Wildman–Crippen LogP) is 3.84. The van der Waals surface area contributed by atoms with Gasteiger partial charge >= 0.3 is 0 Å². The molecule has 0 amide bonds. The third-order valence-corrected chi connectivity index (χ3v) is 7.55. The zero-order valence-corrected chi connectivity index (χ0v) is 17.6. The van der Waals surface area contributed by atoms with Crippen molar-refractivity contribution in [1.29, 1.82) is 0 Å². The Morgan fingerprint density at radius 2 is 2.08 bits per heavy atom. The lowest BCUT2D eigenvalue weighted by Crippen LogP contribution is -2.44. The highest BCUT2D eigenvalue weighted by Crippen LogP contribution is 2.43. The summed E-state index contributed by atoms with van der Waals surface area (Å²) in [7, 11) is 0. The van der Waals surface area contributed by atoms with E-state index in [1.54, 1.807) is 23.1 Å². The maximum Gasteiger partial charge on any atom is 0.190 e. The third-order valence-electron chi connectivity index (χ3n) is 5.40. The van der Waals surface area contributed by atoms with Crippen LogP contribution in [0.2, 0.25) is 0 Å². The lowest BCUT2D eigenvalue weighted by molar-refractivity contribution is -0.0543. The molecule has 26 heavy (non-hydrogen) atoms. The van der Waals surface area contributed by atoms with Crippen LogP contribution in [-0.2, 0) is 17.8 Å².